The minimum Gasteiger partial charge on any atom is -0.311 e. The summed E-state index contributed by atoms with van der Waals surface area (Å²) in [6, 6.07) is 0.397. The van der Waals surface area contributed by atoms with Gasteiger partial charge in [-0.15, -0.1) is 0 Å². The molecule has 0 bridgehead atoms. The smallest absolute Gasteiger partial charge is 0.311 e. The Morgan fingerprint density at radius 3 is 2.54 bits per heavy atom. The van der Waals surface area contributed by atoms with E-state index in [-0.39, 0.29) is 11.2 Å². The molecule has 0 aliphatic heterocycles. The molecule has 3 aromatic rings. The molecule has 24 heavy (non-hydrogen) atoms. The van der Waals surface area contributed by atoms with E-state index in [1.165, 1.54) is 30.9 Å². The van der Waals surface area contributed by atoms with Crippen molar-refractivity contribution in [2.24, 2.45) is 20.0 Å². The number of fused-ring (bicyclic) bond motifs is 3. The monoisotopic (exact) mass is 329 g/mol. The van der Waals surface area contributed by atoms with E-state index < -0.39 is 0 Å². The molecule has 3 heterocycles. The summed E-state index contributed by atoms with van der Waals surface area (Å²) in [5.74, 6) is 1.35. The number of nitrogens with zero attached hydrogens (tertiary/aromatic N) is 5. The van der Waals surface area contributed by atoms with Gasteiger partial charge in [0.05, 0.1) is 0 Å². The Bertz CT molecular complexity index is 1060. The SMILES string of the molecule is Cc1cn2c3c(=O)n(C)c(=O)n(C)c3nc2n1[C@@H]1CCCC[C@@H]1C. The first-order valence-corrected chi connectivity index (χ1v) is 8.57. The normalized spacial score (nSPS) is 21.8. The third kappa shape index (κ3) is 1.87. The van der Waals surface area contributed by atoms with E-state index >= 15 is 0 Å². The van der Waals surface area contributed by atoms with Crippen molar-refractivity contribution in [3.63, 3.8) is 0 Å². The van der Waals surface area contributed by atoms with Gasteiger partial charge in [0.1, 0.15) is 0 Å². The highest BCUT2D eigenvalue weighted by atomic mass is 16.2. The molecule has 1 fully saturated rings. The van der Waals surface area contributed by atoms with Gasteiger partial charge in [-0.3, -0.25) is 18.3 Å². The van der Waals surface area contributed by atoms with Crippen LogP contribution in [0.4, 0.5) is 0 Å². The van der Waals surface area contributed by atoms with E-state index in [2.05, 4.69) is 23.4 Å². The zero-order chi connectivity index (χ0) is 17.2. The lowest BCUT2D eigenvalue weighted by Crippen LogP contribution is -2.37. The van der Waals surface area contributed by atoms with Crippen LogP contribution >= 0.6 is 0 Å². The summed E-state index contributed by atoms with van der Waals surface area (Å²) < 4.78 is 6.71. The summed E-state index contributed by atoms with van der Waals surface area (Å²) in [6.07, 6.45) is 6.82. The summed E-state index contributed by atoms with van der Waals surface area (Å²) in [5, 5.41) is 0. The Hall–Kier alpha value is -2.31. The van der Waals surface area contributed by atoms with Crippen molar-refractivity contribution in [3.05, 3.63) is 32.7 Å². The van der Waals surface area contributed by atoms with Crippen molar-refractivity contribution in [1.29, 1.82) is 0 Å². The summed E-state index contributed by atoms with van der Waals surface area (Å²) in [7, 11) is 3.17. The van der Waals surface area contributed by atoms with Gasteiger partial charge in [-0.1, -0.05) is 19.8 Å². The molecular formula is C17H23N5O2. The van der Waals surface area contributed by atoms with Crippen molar-refractivity contribution in [1.82, 2.24) is 23.1 Å². The Kier molecular flexibility index (Phi) is 3.23. The number of imidazole rings is 2. The molecule has 0 radical (unpaired) electrons. The maximum atomic E-state index is 12.6. The highest BCUT2D eigenvalue weighted by molar-refractivity contribution is 5.75. The van der Waals surface area contributed by atoms with Gasteiger partial charge < -0.3 is 4.57 Å². The molecule has 128 valence electrons. The average molecular weight is 329 g/mol. The second-order valence-corrected chi connectivity index (χ2v) is 7.13. The minimum atomic E-state index is -0.345. The average Bonchev–Trinajstić information content (AvgIpc) is 3.06. The van der Waals surface area contributed by atoms with Crippen LogP contribution in [0.2, 0.25) is 0 Å². The van der Waals surface area contributed by atoms with Crippen LogP contribution < -0.4 is 11.2 Å². The van der Waals surface area contributed by atoms with E-state index in [4.69, 9.17) is 0 Å². The number of hydrogen-bond donors (Lipinski definition) is 0. The van der Waals surface area contributed by atoms with Gasteiger partial charge in [0.25, 0.3) is 5.56 Å². The number of hydrogen-bond acceptors (Lipinski definition) is 3. The molecule has 4 rings (SSSR count). The van der Waals surface area contributed by atoms with Crippen LogP contribution in [-0.4, -0.2) is 23.1 Å². The van der Waals surface area contributed by atoms with Gasteiger partial charge in [-0.2, -0.15) is 4.98 Å². The van der Waals surface area contributed by atoms with Crippen LogP contribution in [-0.2, 0) is 14.1 Å². The van der Waals surface area contributed by atoms with E-state index in [0.717, 1.165) is 22.5 Å². The van der Waals surface area contributed by atoms with E-state index in [0.29, 0.717) is 23.1 Å². The molecule has 1 saturated carbocycles. The van der Waals surface area contributed by atoms with Crippen LogP contribution in [0, 0.1) is 12.8 Å². The van der Waals surface area contributed by atoms with Crippen LogP contribution in [0.1, 0.15) is 44.3 Å². The summed E-state index contributed by atoms with van der Waals surface area (Å²) >= 11 is 0. The lowest BCUT2D eigenvalue weighted by atomic mass is 9.85. The highest BCUT2D eigenvalue weighted by Crippen LogP contribution is 2.36. The predicted octanol–water partition coefficient (Wildman–Crippen LogP) is 1.75. The van der Waals surface area contributed by atoms with Crippen LogP contribution in [0.25, 0.3) is 16.9 Å². The standard InChI is InChI=1S/C17H23N5O2/c1-10-7-5-6-8-12(10)22-11(2)9-21-13-14(18-16(21)22)19(3)17(24)20(4)15(13)23/h9-10,12H,5-8H2,1-4H3/t10-,12+/m0/s1. The Morgan fingerprint density at radius 2 is 1.83 bits per heavy atom. The van der Waals surface area contributed by atoms with E-state index in [1.54, 1.807) is 7.05 Å². The van der Waals surface area contributed by atoms with Gasteiger partial charge in [-0.05, 0) is 25.7 Å². The second kappa shape index (κ2) is 5.09. The van der Waals surface area contributed by atoms with Crippen molar-refractivity contribution in [3.8, 4) is 0 Å². The quantitative estimate of drug-likeness (QED) is 0.683. The molecule has 0 saturated heterocycles. The van der Waals surface area contributed by atoms with E-state index in [1.807, 2.05) is 10.6 Å². The zero-order valence-corrected chi connectivity index (χ0v) is 14.6. The fourth-order valence-electron chi connectivity index (χ4n) is 4.19. The third-order valence-corrected chi connectivity index (χ3v) is 5.58. The summed E-state index contributed by atoms with van der Waals surface area (Å²) in [5.41, 5.74) is 1.39. The van der Waals surface area contributed by atoms with Gasteiger partial charge in [0.15, 0.2) is 11.2 Å². The minimum absolute atomic E-state index is 0.297. The van der Waals surface area contributed by atoms with Crippen LogP contribution in [0.5, 0.6) is 0 Å². The Labute approximate surface area is 139 Å². The van der Waals surface area contributed by atoms with Crippen molar-refractivity contribution in [2.45, 2.75) is 45.6 Å². The number of aromatic nitrogens is 5. The predicted molar refractivity (Wildman–Crippen MR) is 92.6 cm³/mol. The second-order valence-electron chi connectivity index (χ2n) is 7.13. The molecular weight excluding hydrogens is 306 g/mol. The zero-order valence-electron chi connectivity index (χ0n) is 14.6. The maximum absolute atomic E-state index is 12.6. The maximum Gasteiger partial charge on any atom is 0.332 e. The van der Waals surface area contributed by atoms with E-state index in [9.17, 15) is 9.59 Å². The molecule has 2 atom stereocenters. The van der Waals surface area contributed by atoms with Crippen molar-refractivity contribution < 1.29 is 0 Å². The van der Waals surface area contributed by atoms with Gasteiger partial charge in [-0.25, -0.2) is 4.79 Å². The molecule has 1 aliphatic carbocycles. The first kappa shape index (κ1) is 15.2. The summed E-state index contributed by atoms with van der Waals surface area (Å²) in [4.78, 5) is 29.5. The summed E-state index contributed by atoms with van der Waals surface area (Å²) in [6.45, 7) is 4.35. The fraction of sp³-hybridized carbons (Fsp3) is 0.588. The molecule has 0 aromatic carbocycles. The Morgan fingerprint density at radius 1 is 1.12 bits per heavy atom. The van der Waals surface area contributed by atoms with Gasteiger partial charge >= 0.3 is 5.69 Å². The molecule has 0 spiro atoms. The fourth-order valence-corrected chi connectivity index (χ4v) is 4.19. The highest BCUT2D eigenvalue weighted by Gasteiger charge is 2.27. The molecule has 1 aliphatic rings. The van der Waals surface area contributed by atoms with Gasteiger partial charge in [0.2, 0.25) is 5.78 Å². The largest absolute Gasteiger partial charge is 0.332 e. The molecule has 0 N–H and O–H groups in total. The number of aryl methyl sites for hydroxylation is 2. The van der Waals surface area contributed by atoms with Crippen molar-refractivity contribution in [2.75, 3.05) is 0 Å². The molecule has 0 unspecified atom stereocenters. The van der Waals surface area contributed by atoms with Crippen molar-refractivity contribution >= 4 is 16.9 Å². The lowest BCUT2D eigenvalue weighted by Gasteiger charge is -2.30. The molecule has 7 nitrogen and oxygen atoms in total. The number of rotatable bonds is 1. The lowest BCUT2D eigenvalue weighted by molar-refractivity contribution is 0.259. The third-order valence-electron chi connectivity index (χ3n) is 5.58. The topological polar surface area (TPSA) is 66.2 Å². The molecule has 7 heteroatoms. The van der Waals surface area contributed by atoms with Crippen LogP contribution in [0.3, 0.4) is 0 Å². The van der Waals surface area contributed by atoms with Gasteiger partial charge in [0, 0.05) is 32.0 Å². The molecule has 0 amide bonds. The molecule has 3 aromatic heterocycles. The van der Waals surface area contributed by atoms with Crippen LogP contribution in [0.15, 0.2) is 15.8 Å². The Balaban J connectivity index is 2.09. The first-order valence-electron chi connectivity index (χ1n) is 8.57. The first-order chi connectivity index (χ1) is 11.4.